The zero-order valence-electron chi connectivity index (χ0n) is 8.79. The van der Waals surface area contributed by atoms with Crippen molar-refractivity contribution in [2.24, 2.45) is 0 Å². The number of carboxylic acid groups (broad SMARTS) is 1. The maximum absolute atomic E-state index is 10.7. The van der Waals surface area contributed by atoms with Gasteiger partial charge in [-0.2, -0.15) is 0 Å². The van der Waals surface area contributed by atoms with Gasteiger partial charge in [0.2, 0.25) is 0 Å². The first-order valence-corrected chi connectivity index (χ1v) is 5.23. The molecule has 1 unspecified atom stereocenters. The molecule has 0 radical (unpaired) electrons. The quantitative estimate of drug-likeness (QED) is 0.779. The number of carbonyl (C=O) groups is 1. The molecule has 0 aromatic heterocycles. The molecule has 2 rings (SSSR count). The van der Waals surface area contributed by atoms with E-state index in [0.29, 0.717) is 0 Å². The number of aliphatic carboxylic acids is 1. The molecule has 1 aliphatic rings. The molecule has 15 heavy (non-hydrogen) atoms. The lowest BCUT2D eigenvalue weighted by atomic mass is 9.88. The van der Waals surface area contributed by atoms with E-state index >= 15 is 0 Å². The molecule has 1 heterocycles. The molecular formula is C12H15NO2. The topological polar surface area (TPSA) is 49.3 Å². The molecule has 0 fully saturated rings. The summed E-state index contributed by atoms with van der Waals surface area (Å²) in [7, 11) is 0. The van der Waals surface area contributed by atoms with Gasteiger partial charge in [0.05, 0.1) is 6.42 Å². The molecule has 0 amide bonds. The van der Waals surface area contributed by atoms with Crippen LogP contribution in [0.25, 0.3) is 0 Å². The Kier molecular flexibility index (Phi) is 2.62. The summed E-state index contributed by atoms with van der Waals surface area (Å²) in [6, 6.07) is 6.18. The number of hydrogen-bond donors (Lipinski definition) is 2. The lowest BCUT2D eigenvalue weighted by Gasteiger charge is -2.25. The largest absolute Gasteiger partial charge is 0.481 e. The summed E-state index contributed by atoms with van der Waals surface area (Å²) >= 11 is 0. The van der Waals surface area contributed by atoms with Crippen molar-refractivity contribution in [3.63, 3.8) is 0 Å². The second-order valence-electron chi connectivity index (χ2n) is 4.10. The Morgan fingerprint density at radius 2 is 2.40 bits per heavy atom. The highest BCUT2D eigenvalue weighted by atomic mass is 16.4. The molecule has 3 nitrogen and oxygen atoms in total. The normalized spacial score (nSPS) is 19.1. The first-order chi connectivity index (χ1) is 7.16. The van der Waals surface area contributed by atoms with E-state index in [2.05, 4.69) is 11.4 Å². The highest BCUT2D eigenvalue weighted by molar-refractivity contribution is 5.69. The average Bonchev–Trinajstić information content (AvgIpc) is 2.16. The van der Waals surface area contributed by atoms with Gasteiger partial charge in [-0.1, -0.05) is 12.1 Å². The van der Waals surface area contributed by atoms with Crippen LogP contribution in [-0.2, 0) is 4.79 Å². The van der Waals surface area contributed by atoms with E-state index in [9.17, 15) is 4.79 Å². The van der Waals surface area contributed by atoms with Crippen LogP contribution in [0.15, 0.2) is 18.2 Å². The maximum Gasteiger partial charge on any atom is 0.303 e. The van der Waals surface area contributed by atoms with Crippen LogP contribution in [0.4, 0.5) is 5.69 Å². The fourth-order valence-electron chi connectivity index (χ4n) is 2.14. The van der Waals surface area contributed by atoms with Crippen molar-refractivity contribution in [3.05, 3.63) is 29.3 Å². The molecule has 0 bridgehead atoms. The standard InChI is InChI=1S/C12H15NO2/c1-8-2-3-10-9(7-12(14)15)4-5-13-11(10)6-8/h2-3,6,9,13H,4-5,7H2,1H3,(H,14,15). The second kappa shape index (κ2) is 3.93. The zero-order valence-corrected chi connectivity index (χ0v) is 8.79. The minimum absolute atomic E-state index is 0.166. The molecule has 1 aliphatic heterocycles. The van der Waals surface area contributed by atoms with Gasteiger partial charge in [-0.3, -0.25) is 4.79 Å². The van der Waals surface area contributed by atoms with Gasteiger partial charge in [-0.05, 0) is 36.5 Å². The van der Waals surface area contributed by atoms with Crippen LogP contribution >= 0.6 is 0 Å². The number of rotatable bonds is 2. The molecule has 2 N–H and O–H groups in total. The lowest BCUT2D eigenvalue weighted by Crippen LogP contribution is -2.19. The molecule has 80 valence electrons. The van der Waals surface area contributed by atoms with Crippen LogP contribution in [0.1, 0.15) is 29.9 Å². The van der Waals surface area contributed by atoms with Gasteiger partial charge in [-0.15, -0.1) is 0 Å². The van der Waals surface area contributed by atoms with Gasteiger partial charge in [0.1, 0.15) is 0 Å². The number of benzene rings is 1. The molecule has 0 aliphatic carbocycles. The molecule has 0 saturated heterocycles. The number of hydrogen-bond acceptors (Lipinski definition) is 2. The van der Waals surface area contributed by atoms with Crippen LogP contribution in [0.5, 0.6) is 0 Å². The van der Waals surface area contributed by atoms with E-state index in [1.165, 1.54) is 5.56 Å². The fourth-order valence-corrected chi connectivity index (χ4v) is 2.14. The Morgan fingerprint density at radius 3 is 3.13 bits per heavy atom. The summed E-state index contributed by atoms with van der Waals surface area (Å²) in [5, 5.41) is 12.1. The van der Waals surface area contributed by atoms with Crippen LogP contribution in [-0.4, -0.2) is 17.6 Å². The van der Waals surface area contributed by atoms with E-state index < -0.39 is 5.97 Å². The predicted molar refractivity (Wildman–Crippen MR) is 59.3 cm³/mol. The second-order valence-corrected chi connectivity index (χ2v) is 4.10. The van der Waals surface area contributed by atoms with Crippen molar-refractivity contribution >= 4 is 11.7 Å². The van der Waals surface area contributed by atoms with Crippen molar-refractivity contribution in [2.45, 2.75) is 25.7 Å². The minimum Gasteiger partial charge on any atom is -0.481 e. The van der Waals surface area contributed by atoms with E-state index in [4.69, 9.17) is 5.11 Å². The van der Waals surface area contributed by atoms with Crippen LogP contribution in [0.2, 0.25) is 0 Å². The van der Waals surface area contributed by atoms with Gasteiger partial charge in [0.15, 0.2) is 0 Å². The third-order valence-electron chi connectivity index (χ3n) is 2.88. The molecule has 1 atom stereocenters. The van der Waals surface area contributed by atoms with Crippen LogP contribution in [0.3, 0.4) is 0 Å². The Bertz CT molecular complexity index is 387. The van der Waals surface area contributed by atoms with Crippen LogP contribution < -0.4 is 5.32 Å². The SMILES string of the molecule is Cc1ccc2c(c1)NCCC2CC(=O)O. The summed E-state index contributed by atoms with van der Waals surface area (Å²) in [6.07, 6.45) is 1.14. The third-order valence-corrected chi connectivity index (χ3v) is 2.88. The first-order valence-electron chi connectivity index (χ1n) is 5.23. The minimum atomic E-state index is -0.714. The van der Waals surface area contributed by atoms with Crippen molar-refractivity contribution in [1.82, 2.24) is 0 Å². The highest BCUT2D eigenvalue weighted by Crippen LogP contribution is 2.34. The third kappa shape index (κ3) is 2.12. The summed E-state index contributed by atoms with van der Waals surface area (Å²) < 4.78 is 0. The summed E-state index contributed by atoms with van der Waals surface area (Å²) in [5.41, 5.74) is 3.46. The molecule has 0 spiro atoms. The first kappa shape index (κ1) is 10.0. The number of anilines is 1. The monoisotopic (exact) mass is 205 g/mol. The summed E-state index contributed by atoms with van der Waals surface area (Å²) in [5.74, 6) is -0.548. The fraction of sp³-hybridized carbons (Fsp3) is 0.417. The smallest absolute Gasteiger partial charge is 0.303 e. The van der Waals surface area contributed by atoms with Gasteiger partial charge in [0, 0.05) is 12.2 Å². The maximum atomic E-state index is 10.7. The van der Waals surface area contributed by atoms with Gasteiger partial charge < -0.3 is 10.4 Å². The van der Waals surface area contributed by atoms with E-state index in [0.717, 1.165) is 24.2 Å². The van der Waals surface area contributed by atoms with E-state index in [1.54, 1.807) is 0 Å². The molecule has 1 aromatic rings. The van der Waals surface area contributed by atoms with Gasteiger partial charge in [-0.25, -0.2) is 0 Å². The molecule has 0 saturated carbocycles. The Hall–Kier alpha value is -1.51. The number of carboxylic acids is 1. The van der Waals surface area contributed by atoms with Crippen LogP contribution in [0, 0.1) is 6.92 Å². The average molecular weight is 205 g/mol. The zero-order chi connectivity index (χ0) is 10.8. The molecule has 1 aromatic carbocycles. The number of nitrogens with one attached hydrogen (secondary N) is 1. The van der Waals surface area contributed by atoms with Gasteiger partial charge >= 0.3 is 5.97 Å². The van der Waals surface area contributed by atoms with Crippen molar-refractivity contribution in [2.75, 3.05) is 11.9 Å². The van der Waals surface area contributed by atoms with E-state index in [-0.39, 0.29) is 12.3 Å². The van der Waals surface area contributed by atoms with Crippen molar-refractivity contribution < 1.29 is 9.90 Å². The highest BCUT2D eigenvalue weighted by Gasteiger charge is 2.21. The predicted octanol–water partition coefficient (Wildman–Crippen LogP) is 2.37. The summed E-state index contributed by atoms with van der Waals surface area (Å²) in [4.78, 5) is 10.7. The molecule has 3 heteroatoms. The number of aryl methyl sites for hydroxylation is 1. The number of fused-ring (bicyclic) bond motifs is 1. The Morgan fingerprint density at radius 1 is 1.60 bits per heavy atom. The Labute approximate surface area is 89.1 Å². The van der Waals surface area contributed by atoms with Gasteiger partial charge in [0.25, 0.3) is 0 Å². The molecular weight excluding hydrogens is 190 g/mol. The lowest BCUT2D eigenvalue weighted by molar-refractivity contribution is -0.137. The van der Waals surface area contributed by atoms with E-state index in [1.807, 2.05) is 19.1 Å². The Balaban J connectivity index is 2.30. The summed E-state index contributed by atoms with van der Waals surface area (Å²) in [6.45, 7) is 2.91. The van der Waals surface area contributed by atoms with Crippen molar-refractivity contribution in [1.29, 1.82) is 0 Å². The van der Waals surface area contributed by atoms with Crippen molar-refractivity contribution in [3.8, 4) is 0 Å².